The number of nitrogens with one attached hydrogen (secondary N) is 1. The number of rotatable bonds is 2. The van der Waals surface area contributed by atoms with Crippen LogP contribution in [0.2, 0.25) is 10.0 Å². The molecule has 2 amide bonds. The molecule has 0 unspecified atom stereocenters. The lowest BCUT2D eigenvalue weighted by Gasteiger charge is -2.30. The van der Waals surface area contributed by atoms with Gasteiger partial charge in [-0.1, -0.05) is 42.5 Å². The van der Waals surface area contributed by atoms with E-state index in [9.17, 15) is 4.79 Å². The first-order valence-corrected chi connectivity index (χ1v) is 7.96. The minimum absolute atomic E-state index is 0.134. The Bertz CT molecular complexity index is 564. The molecule has 3 rings (SSSR count). The third-order valence-electron chi connectivity index (χ3n) is 4.15. The van der Waals surface area contributed by atoms with E-state index in [-0.39, 0.29) is 17.9 Å². The molecule has 0 atom stereocenters. The van der Waals surface area contributed by atoms with Crippen molar-refractivity contribution in [1.82, 2.24) is 4.90 Å². The van der Waals surface area contributed by atoms with Crippen molar-refractivity contribution >= 4 is 40.8 Å². The number of anilines is 1. The monoisotopic (exact) mass is 325 g/mol. The molecule has 0 radical (unpaired) electrons. The fourth-order valence-corrected chi connectivity index (χ4v) is 3.67. The standard InChI is InChI=1S/C15H17Cl2N3O/c16-10-6-11(17)8-13(7-10)20-14(18)9-19(15(20)21)12-4-2-1-3-5-12/h6-8,12,18H,1-5,9H2. The van der Waals surface area contributed by atoms with Crippen LogP contribution in [0.1, 0.15) is 32.1 Å². The van der Waals surface area contributed by atoms with Crippen LogP contribution in [-0.2, 0) is 0 Å². The van der Waals surface area contributed by atoms with Crippen LogP contribution >= 0.6 is 23.2 Å². The number of carbonyl (C=O) groups is 1. The molecule has 1 saturated heterocycles. The van der Waals surface area contributed by atoms with Gasteiger partial charge in [-0.05, 0) is 31.0 Å². The smallest absolute Gasteiger partial charge is 0.314 e. The number of amidine groups is 1. The molecule has 6 heteroatoms. The highest BCUT2D eigenvalue weighted by atomic mass is 35.5. The zero-order valence-corrected chi connectivity index (χ0v) is 13.1. The van der Waals surface area contributed by atoms with Gasteiger partial charge in [0.1, 0.15) is 5.84 Å². The minimum atomic E-state index is -0.134. The highest BCUT2D eigenvalue weighted by Gasteiger charge is 2.38. The zero-order chi connectivity index (χ0) is 15.0. The van der Waals surface area contributed by atoms with Gasteiger partial charge in [0.25, 0.3) is 0 Å². The van der Waals surface area contributed by atoms with Gasteiger partial charge in [-0.3, -0.25) is 5.41 Å². The van der Waals surface area contributed by atoms with E-state index in [1.807, 2.05) is 4.90 Å². The second kappa shape index (κ2) is 5.85. The molecule has 1 aliphatic carbocycles. The van der Waals surface area contributed by atoms with Gasteiger partial charge in [0.05, 0.1) is 12.2 Å². The lowest BCUT2D eigenvalue weighted by Crippen LogP contribution is -2.40. The van der Waals surface area contributed by atoms with Gasteiger partial charge in [0.2, 0.25) is 0 Å². The number of urea groups is 1. The summed E-state index contributed by atoms with van der Waals surface area (Å²) >= 11 is 12.0. The molecule has 0 spiro atoms. The molecule has 2 fully saturated rings. The lowest BCUT2D eigenvalue weighted by molar-refractivity contribution is 0.183. The molecule has 1 N–H and O–H groups in total. The van der Waals surface area contributed by atoms with Crippen molar-refractivity contribution in [3.05, 3.63) is 28.2 Å². The second-order valence-electron chi connectivity index (χ2n) is 5.61. The van der Waals surface area contributed by atoms with Crippen molar-refractivity contribution < 1.29 is 4.79 Å². The first-order valence-electron chi connectivity index (χ1n) is 7.20. The first kappa shape index (κ1) is 14.7. The molecule has 112 valence electrons. The Hall–Kier alpha value is -1.26. The number of benzene rings is 1. The molecule has 2 aliphatic rings. The fraction of sp³-hybridized carbons (Fsp3) is 0.467. The average molecular weight is 326 g/mol. The van der Waals surface area contributed by atoms with Crippen LogP contribution in [0.3, 0.4) is 0 Å². The summed E-state index contributed by atoms with van der Waals surface area (Å²) in [4.78, 5) is 15.9. The van der Waals surface area contributed by atoms with Crippen molar-refractivity contribution in [2.75, 3.05) is 11.4 Å². The number of hydrogen-bond acceptors (Lipinski definition) is 2. The third kappa shape index (κ3) is 2.87. The molecular formula is C15H17Cl2N3O. The highest BCUT2D eigenvalue weighted by molar-refractivity contribution is 6.35. The second-order valence-corrected chi connectivity index (χ2v) is 6.48. The Labute approximate surface area is 134 Å². The Morgan fingerprint density at radius 3 is 2.29 bits per heavy atom. The quantitative estimate of drug-likeness (QED) is 0.852. The van der Waals surface area contributed by atoms with E-state index in [1.165, 1.54) is 11.3 Å². The number of amides is 2. The van der Waals surface area contributed by atoms with Crippen molar-refractivity contribution in [2.24, 2.45) is 0 Å². The van der Waals surface area contributed by atoms with E-state index >= 15 is 0 Å². The number of halogens is 2. The van der Waals surface area contributed by atoms with Gasteiger partial charge in [0, 0.05) is 16.1 Å². The van der Waals surface area contributed by atoms with Crippen LogP contribution in [0.4, 0.5) is 10.5 Å². The van der Waals surface area contributed by atoms with Gasteiger partial charge in [-0.25, -0.2) is 9.69 Å². The highest BCUT2D eigenvalue weighted by Crippen LogP contribution is 2.31. The summed E-state index contributed by atoms with van der Waals surface area (Å²) in [5.41, 5.74) is 0.570. The summed E-state index contributed by atoms with van der Waals surface area (Å²) in [6, 6.07) is 5.08. The van der Waals surface area contributed by atoms with Crippen molar-refractivity contribution in [3.8, 4) is 0 Å². The molecule has 1 aliphatic heterocycles. The van der Waals surface area contributed by atoms with E-state index in [2.05, 4.69) is 0 Å². The SMILES string of the molecule is N=C1CN(C2CCCCC2)C(=O)N1c1cc(Cl)cc(Cl)c1. The van der Waals surface area contributed by atoms with Gasteiger partial charge in [-0.2, -0.15) is 0 Å². The molecule has 0 aromatic heterocycles. The van der Waals surface area contributed by atoms with Crippen LogP contribution < -0.4 is 4.90 Å². The Morgan fingerprint density at radius 2 is 1.67 bits per heavy atom. The van der Waals surface area contributed by atoms with Gasteiger partial charge >= 0.3 is 6.03 Å². The Kier molecular flexibility index (Phi) is 4.09. The Balaban J connectivity index is 1.86. The summed E-state index contributed by atoms with van der Waals surface area (Å²) in [6.07, 6.45) is 5.62. The average Bonchev–Trinajstić information content (AvgIpc) is 2.74. The molecule has 1 aromatic rings. The first-order chi connectivity index (χ1) is 10.1. The zero-order valence-electron chi connectivity index (χ0n) is 11.6. The van der Waals surface area contributed by atoms with Gasteiger partial charge in [-0.15, -0.1) is 0 Å². The van der Waals surface area contributed by atoms with E-state index in [0.29, 0.717) is 22.3 Å². The largest absolute Gasteiger partial charge is 0.330 e. The Morgan fingerprint density at radius 1 is 1.05 bits per heavy atom. The van der Waals surface area contributed by atoms with Crippen LogP contribution in [0.5, 0.6) is 0 Å². The topological polar surface area (TPSA) is 47.4 Å². The van der Waals surface area contributed by atoms with Crippen LogP contribution in [0.15, 0.2) is 18.2 Å². The van der Waals surface area contributed by atoms with Crippen molar-refractivity contribution in [1.29, 1.82) is 5.41 Å². The summed E-state index contributed by atoms with van der Waals surface area (Å²) < 4.78 is 0. The van der Waals surface area contributed by atoms with Crippen molar-refractivity contribution in [3.63, 3.8) is 0 Å². The molecule has 21 heavy (non-hydrogen) atoms. The molecule has 1 saturated carbocycles. The van der Waals surface area contributed by atoms with E-state index < -0.39 is 0 Å². The number of nitrogens with zero attached hydrogens (tertiary/aromatic N) is 2. The summed E-state index contributed by atoms with van der Waals surface area (Å²) in [6.45, 7) is 0.369. The molecular weight excluding hydrogens is 309 g/mol. The normalized spacial score (nSPS) is 20.5. The molecule has 1 aromatic carbocycles. The molecule has 1 heterocycles. The minimum Gasteiger partial charge on any atom is -0.314 e. The van der Waals surface area contributed by atoms with Gasteiger partial charge < -0.3 is 4.90 Å². The third-order valence-corrected chi connectivity index (χ3v) is 4.58. The van der Waals surface area contributed by atoms with Crippen LogP contribution in [0.25, 0.3) is 0 Å². The van der Waals surface area contributed by atoms with Crippen LogP contribution in [-0.4, -0.2) is 29.4 Å². The maximum absolute atomic E-state index is 12.7. The summed E-state index contributed by atoms with van der Waals surface area (Å²) in [5.74, 6) is 0.281. The maximum atomic E-state index is 12.7. The maximum Gasteiger partial charge on any atom is 0.330 e. The van der Waals surface area contributed by atoms with Crippen molar-refractivity contribution in [2.45, 2.75) is 38.1 Å². The lowest BCUT2D eigenvalue weighted by atomic mass is 9.94. The predicted octanol–water partition coefficient (Wildman–Crippen LogP) is 4.55. The summed E-state index contributed by atoms with van der Waals surface area (Å²) in [5, 5.41) is 9.07. The number of carbonyl (C=O) groups excluding carboxylic acids is 1. The number of hydrogen-bond donors (Lipinski definition) is 1. The van der Waals surface area contributed by atoms with E-state index in [4.69, 9.17) is 28.6 Å². The van der Waals surface area contributed by atoms with E-state index in [0.717, 1.165) is 25.7 Å². The van der Waals surface area contributed by atoms with E-state index in [1.54, 1.807) is 18.2 Å². The molecule has 0 bridgehead atoms. The van der Waals surface area contributed by atoms with Crippen LogP contribution in [0, 0.1) is 5.41 Å². The molecule has 4 nitrogen and oxygen atoms in total. The summed E-state index contributed by atoms with van der Waals surface area (Å²) in [7, 11) is 0. The predicted molar refractivity (Wildman–Crippen MR) is 85.6 cm³/mol. The fourth-order valence-electron chi connectivity index (χ4n) is 3.16. The van der Waals surface area contributed by atoms with Gasteiger partial charge in [0.15, 0.2) is 0 Å².